The first-order valence-corrected chi connectivity index (χ1v) is 8.12. The fourth-order valence-electron chi connectivity index (χ4n) is 4.07. The highest BCUT2D eigenvalue weighted by molar-refractivity contribution is 5.21. The SMILES string of the molecule is CC(C)CNCC1(Cc2ccc(F)c(F)c2)CC2CC2C1. The lowest BCUT2D eigenvalue weighted by molar-refractivity contribution is 0.244. The van der Waals surface area contributed by atoms with Gasteiger partial charge in [-0.2, -0.15) is 0 Å². The van der Waals surface area contributed by atoms with Gasteiger partial charge in [0.15, 0.2) is 11.6 Å². The van der Waals surface area contributed by atoms with Gasteiger partial charge in [-0.3, -0.25) is 0 Å². The molecule has 0 amide bonds. The summed E-state index contributed by atoms with van der Waals surface area (Å²) in [5, 5.41) is 3.59. The Kier molecular flexibility index (Phi) is 4.04. The van der Waals surface area contributed by atoms with Crippen molar-refractivity contribution < 1.29 is 8.78 Å². The molecule has 1 N–H and O–H groups in total. The molecule has 2 saturated carbocycles. The summed E-state index contributed by atoms with van der Waals surface area (Å²) in [5.41, 5.74) is 1.17. The maximum atomic E-state index is 13.4. The van der Waals surface area contributed by atoms with E-state index in [9.17, 15) is 8.78 Å². The maximum Gasteiger partial charge on any atom is 0.159 e. The van der Waals surface area contributed by atoms with E-state index in [0.717, 1.165) is 36.9 Å². The van der Waals surface area contributed by atoms with Crippen LogP contribution in [-0.4, -0.2) is 13.1 Å². The predicted molar refractivity (Wildman–Crippen MR) is 81.0 cm³/mol. The highest BCUT2D eigenvalue weighted by Gasteiger charge is 2.53. The predicted octanol–water partition coefficient (Wildman–Crippen LogP) is 4.17. The third kappa shape index (κ3) is 3.45. The van der Waals surface area contributed by atoms with E-state index in [1.165, 1.54) is 31.4 Å². The highest BCUT2D eigenvalue weighted by Crippen LogP contribution is 2.60. The van der Waals surface area contributed by atoms with Gasteiger partial charge in [-0.05, 0) is 73.1 Å². The van der Waals surface area contributed by atoms with Crippen molar-refractivity contribution in [2.45, 2.75) is 39.5 Å². The summed E-state index contributed by atoms with van der Waals surface area (Å²) in [5.74, 6) is 0.939. The van der Waals surface area contributed by atoms with E-state index >= 15 is 0 Å². The second-order valence-corrected chi connectivity index (χ2v) is 7.61. The minimum absolute atomic E-state index is 0.243. The molecule has 0 aliphatic heterocycles. The average molecular weight is 293 g/mol. The lowest BCUT2D eigenvalue weighted by atomic mass is 9.77. The molecule has 21 heavy (non-hydrogen) atoms. The molecule has 2 fully saturated rings. The quantitative estimate of drug-likeness (QED) is 0.830. The number of benzene rings is 1. The van der Waals surface area contributed by atoms with E-state index in [0.29, 0.717) is 5.92 Å². The van der Waals surface area contributed by atoms with Gasteiger partial charge in [-0.15, -0.1) is 0 Å². The number of hydrogen-bond donors (Lipinski definition) is 1. The molecular formula is C18H25F2N. The lowest BCUT2D eigenvalue weighted by Crippen LogP contribution is -2.36. The van der Waals surface area contributed by atoms with Gasteiger partial charge in [0.1, 0.15) is 0 Å². The second kappa shape index (κ2) is 5.68. The topological polar surface area (TPSA) is 12.0 Å². The molecule has 0 saturated heterocycles. The molecule has 0 spiro atoms. The van der Waals surface area contributed by atoms with Crippen LogP contribution in [0.4, 0.5) is 8.78 Å². The fourth-order valence-corrected chi connectivity index (χ4v) is 4.07. The minimum atomic E-state index is -0.750. The Balaban J connectivity index is 1.68. The molecule has 1 aromatic carbocycles. The van der Waals surface area contributed by atoms with E-state index in [1.54, 1.807) is 6.07 Å². The molecule has 0 heterocycles. The van der Waals surface area contributed by atoms with Gasteiger partial charge in [0, 0.05) is 6.54 Å². The monoisotopic (exact) mass is 293 g/mol. The summed E-state index contributed by atoms with van der Waals surface area (Å²) < 4.78 is 26.5. The van der Waals surface area contributed by atoms with Gasteiger partial charge >= 0.3 is 0 Å². The van der Waals surface area contributed by atoms with E-state index in [-0.39, 0.29) is 5.41 Å². The minimum Gasteiger partial charge on any atom is -0.316 e. The molecule has 0 aromatic heterocycles. The van der Waals surface area contributed by atoms with Crippen molar-refractivity contribution in [3.63, 3.8) is 0 Å². The molecule has 3 heteroatoms. The van der Waals surface area contributed by atoms with Crippen LogP contribution < -0.4 is 5.32 Å². The highest BCUT2D eigenvalue weighted by atomic mass is 19.2. The number of nitrogens with one attached hydrogen (secondary N) is 1. The summed E-state index contributed by atoms with van der Waals surface area (Å²) in [7, 11) is 0. The molecule has 3 rings (SSSR count). The molecule has 1 nitrogen and oxygen atoms in total. The summed E-state index contributed by atoms with van der Waals surface area (Å²) in [6.45, 7) is 6.44. The Labute approximate surface area is 126 Å². The van der Waals surface area contributed by atoms with Crippen molar-refractivity contribution in [2.24, 2.45) is 23.2 Å². The van der Waals surface area contributed by atoms with Gasteiger partial charge < -0.3 is 5.32 Å². The van der Waals surface area contributed by atoms with Crippen molar-refractivity contribution in [2.75, 3.05) is 13.1 Å². The molecule has 2 atom stereocenters. The fraction of sp³-hybridized carbons (Fsp3) is 0.667. The zero-order valence-corrected chi connectivity index (χ0v) is 13.0. The standard InChI is InChI=1S/C18H25F2N/c1-12(2)10-21-11-18(8-14-6-15(14)9-18)7-13-3-4-16(19)17(20)5-13/h3-5,12,14-15,21H,6-11H2,1-2H3. The average Bonchev–Trinajstić information content (AvgIpc) is 3.02. The number of fused-ring (bicyclic) bond motifs is 1. The third-order valence-corrected chi connectivity index (χ3v) is 5.08. The van der Waals surface area contributed by atoms with Crippen LogP contribution in [0, 0.1) is 34.8 Å². The molecule has 2 aliphatic carbocycles. The largest absolute Gasteiger partial charge is 0.316 e. The van der Waals surface area contributed by atoms with Gasteiger partial charge in [0.25, 0.3) is 0 Å². The van der Waals surface area contributed by atoms with E-state index in [4.69, 9.17) is 0 Å². The van der Waals surface area contributed by atoms with Crippen molar-refractivity contribution in [1.82, 2.24) is 5.32 Å². The first-order chi connectivity index (χ1) is 9.97. The van der Waals surface area contributed by atoms with Crippen LogP contribution in [0.5, 0.6) is 0 Å². The summed E-state index contributed by atoms with van der Waals surface area (Å²) >= 11 is 0. The van der Waals surface area contributed by atoms with E-state index < -0.39 is 11.6 Å². The van der Waals surface area contributed by atoms with Gasteiger partial charge in [0.05, 0.1) is 0 Å². The van der Waals surface area contributed by atoms with Crippen LogP contribution in [0.3, 0.4) is 0 Å². The zero-order chi connectivity index (χ0) is 15.0. The van der Waals surface area contributed by atoms with E-state index in [1.807, 2.05) is 0 Å². The van der Waals surface area contributed by atoms with Gasteiger partial charge in [-0.1, -0.05) is 19.9 Å². The molecule has 0 radical (unpaired) electrons. The van der Waals surface area contributed by atoms with Gasteiger partial charge in [-0.25, -0.2) is 8.78 Å². The first-order valence-electron chi connectivity index (χ1n) is 8.12. The van der Waals surface area contributed by atoms with E-state index in [2.05, 4.69) is 19.2 Å². The Morgan fingerprint density at radius 2 is 1.90 bits per heavy atom. The normalized spacial score (nSPS) is 30.7. The zero-order valence-electron chi connectivity index (χ0n) is 13.0. The molecule has 2 aliphatic rings. The smallest absolute Gasteiger partial charge is 0.159 e. The Hall–Kier alpha value is -0.960. The second-order valence-electron chi connectivity index (χ2n) is 7.61. The Bertz CT molecular complexity index is 502. The van der Waals surface area contributed by atoms with Crippen molar-refractivity contribution >= 4 is 0 Å². The van der Waals surface area contributed by atoms with Gasteiger partial charge in [0.2, 0.25) is 0 Å². The molecule has 116 valence electrons. The maximum absolute atomic E-state index is 13.4. The van der Waals surface area contributed by atoms with Crippen molar-refractivity contribution in [3.8, 4) is 0 Å². The summed E-state index contributed by atoms with van der Waals surface area (Å²) in [6, 6.07) is 4.38. The van der Waals surface area contributed by atoms with Crippen LogP contribution >= 0.6 is 0 Å². The Morgan fingerprint density at radius 3 is 2.52 bits per heavy atom. The summed E-state index contributed by atoms with van der Waals surface area (Å²) in [4.78, 5) is 0. The molecule has 2 unspecified atom stereocenters. The van der Waals surface area contributed by atoms with Crippen LogP contribution in [-0.2, 0) is 6.42 Å². The summed E-state index contributed by atoms with van der Waals surface area (Å²) in [6.07, 6.45) is 4.72. The third-order valence-electron chi connectivity index (χ3n) is 5.08. The number of halogens is 2. The molecule has 1 aromatic rings. The van der Waals surface area contributed by atoms with Crippen LogP contribution in [0.1, 0.15) is 38.7 Å². The van der Waals surface area contributed by atoms with Crippen molar-refractivity contribution in [1.29, 1.82) is 0 Å². The number of rotatable bonds is 6. The Morgan fingerprint density at radius 1 is 1.19 bits per heavy atom. The molecule has 0 bridgehead atoms. The first kappa shape index (κ1) is 15.0. The number of hydrogen-bond acceptors (Lipinski definition) is 1. The van der Waals surface area contributed by atoms with Crippen LogP contribution in [0.25, 0.3) is 0 Å². The van der Waals surface area contributed by atoms with Crippen LogP contribution in [0.2, 0.25) is 0 Å². The molecular weight excluding hydrogens is 268 g/mol. The van der Waals surface area contributed by atoms with Crippen LogP contribution in [0.15, 0.2) is 18.2 Å². The lowest BCUT2D eigenvalue weighted by Gasteiger charge is -2.32. The van der Waals surface area contributed by atoms with Crippen molar-refractivity contribution in [3.05, 3.63) is 35.4 Å².